The number of carbonyl (C=O) groups excluding carboxylic acids is 2. The third-order valence-corrected chi connectivity index (χ3v) is 12.1. The lowest BCUT2D eigenvalue weighted by molar-refractivity contribution is -0.137. The average molecular weight is 532 g/mol. The fraction of sp³-hybridized carbons (Fsp3) is 0.667. The van der Waals surface area contributed by atoms with Crippen LogP contribution in [-0.4, -0.2) is 55.2 Å². The molecule has 1 N–H and O–H groups in total. The van der Waals surface area contributed by atoms with Crippen LogP contribution in [0, 0.1) is 0 Å². The highest BCUT2D eigenvalue weighted by Gasteiger charge is 2.45. The highest BCUT2D eigenvalue weighted by Crippen LogP contribution is 2.38. The van der Waals surface area contributed by atoms with Crippen LogP contribution < -0.4 is 0 Å². The van der Waals surface area contributed by atoms with Gasteiger partial charge in [0.25, 0.3) is 5.91 Å². The first kappa shape index (κ1) is 31.3. The van der Waals surface area contributed by atoms with E-state index in [0.29, 0.717) is 25.7 Å². The van der Waals surface area contributed by atoms with Gasteiger partial charge in [-0.3, -0.25) is 4.79 Å². The zero-order valence-electron chi connectivity index (χ0n) is 23.9. The van der Waals surface area contributed by atoms with Crippen molar-refractivity contribution in [2.75, 3.05) is 6.61 Å². The maximum absolute atomic E-state index is 13.8. The standard InChI is InChI=1S/C30H49NO5Si/c1-7-8-9-14-19-26(32)20-15-11-16-21-27(36-37(5,6)30(2,3)4)28(33)31-25(23-35-29(31)34)22-24-17-12-10-13-18-24/h10-13,15,17-18,25-27,32H,7-9,14,16,19-23H2,1-6H3/b15-11+/t25-,26-,27-/m1/s1. The summed E-state index contributed by atoms with van der Waals surface area (Å²) in [4.78, 5) is 27.7. The Morgan fingerprint density at radius 2 is 1.86 bits per heavy atom. The number of cyclic esters (lactones) is 1. The predicted octanol–water partition coefficient (Wildman–Crippen LogP) is 7.02. The lowest BCUT2D eigenvalue weighted by Crippen LogP contribution is -2.52. The third-order valence-electron chi connectivity index (χ3n) is 7.59. The summed E-state index contributed by atoms with van der Waals surface area (Å²) >= 11 is 0. The van der Waals surface area contributed by atoms with Crippen molar-refractivity contribution in [2.45, 2.75) is 122 Å². The summed E-state index contributed by atoms with van der Waals surface area (Å²) in [6, 6.07) is 9.51. The van der Waals surface area contributed by atoms with Crippen molar-refractivity contribution >= 4 is 20.3 Å². The summed E-state index contributed by atoms with van der Waals surface area (Å²) in [7, 11) is -2.27. The van der Waals surface area contributed by atoms with Gasteiger partial charge in [-0.05, 0) is 55.8 Å². The van der Waals surface area contributed by atoms with E-state index in [9.17, 15) is 14.7 Å². The molecule has 0 radical (unpaired) electrons. The zero-order valence-corrected chi connectivity index (χ0v) is 24.9. The molecular formula is C30H49NO5Si. The van der Waals surface area contributed by atoms with Crippen molar-refractivity contribution in [3.63, 3.8) is 0 Å². The summed E-state index contributed by atoms with van der Waals surface area (Å²) in [6.45, 7) is 13.1. The molecule has 1 aliphatic rings. The molecule has 1 heterocycles. The van der Waals surface area contributed by atoms with Crippen LogP contribution in [0.5, 0.6) is 0 Å². The number of aliphatic hydroxyl groups is 1. The first-order valence-electron chi connectivity index (χ1n) is 14.0. The number of imide groups is 1. The highest BCUT2D eigenvalue weighted by molar-refractivity contribution is 6.74. The first-order chi connectivity index (χ1) is 17.5. The van der Waals surface area contributed by atoms with Gasteiger partial charge in [-0.2, -0.15) is 0 Å². The van der Waals surface area contributed by atoms with E-state index in [0.717, 1.165) is 24.8 Å². The molecule has 0 saturated carbocycles. The number of unbranched alkanes of at least 4 members (excludes halogenated alkanes) is 3. The molecule has 6 nitrogen and oxygen atoms in total. The van der Waals surface area contributed by atoms with Crippen molar-refractivity contribution in [3.05, 3.63) is 48.0 Å². The Morgan fingerprint density at radius 3 is 2.51 bits per heavy atom. The number of aliphatic hydroxyl groups excluding tert-OH is 1. The van der Waals surface area contributed by atoms with Crippen LogP contribution in [0.25, 0.3) is 0 Å². The van der Waals surface area contributed by atoms with Crippen LogP contribution in [0.2, 0.25) is 18.1 Å². The molecule has 0 spiro atoms. The Kier molecular flexibility index (Phi) is 12.5. The number of ether oxygens (including phenoxy) is 1. The molecule has 1 aromatic carbocycles. The van der Waals surface area contributed by atoms with E-state index < -0.39 is 20.5 Å². The molecule has 0 unspecified atom stereocenters. The van der Waals surface area contributed by atoms with Crippen LogP contribution in [0.4, 0.5) is 4.79 Å². The monoisotopic (exact) mass is 531 g/mol. The summed E-state index contributed by atoms with van der Waals surface area (Å²) < 4.78 is 11.9. The maximum atomic E-state index is 13.8. The molecule has 2 amide bonds. The van der Waals surface area contributed by atoms with Gasteiger partial charge in [0.2, 0.25) is 0 Å². The van der Waals surface area contributed by atoms with E-state index >= 15 is 0 Å². The maximum Gasteiger partial charge on any atom is 0.417 e. The number of rotatable bonds is 15. The summed E-state index contributed by atoms with van der Waals surface area (Å²) in [6.07, 6.45) is 10.1. The fourth-order valence-electron chi connectivity index (χ4n) is 4.23. The third kappa shape index (κ3) is 10.0. The van der Waals surface area contributed by atoms with Crippen LogP contribution in [0.3, 0.4) is 0 Å². The zero-order chi connectivity index (χ0) is 27.5. The Balaban J connectivity index is 2.06. The van der Waals surface area contributed by atoms with Gasteiger partial charge in [0.1, 0.15) is 12.7 Å². The number of carbonyl (C=O) groups is 2. The van der Waals surface area contributed by atoms with Gasteiger partial charge in [0.15, 0.2) is 8.32 Å². The average Bonchev–Trinajstić information content (AvgIpc) is 3.19. The second-order valence-electron chi connectivity index (χ2n) is 11.8. The van der Waals surface area contributed by atoms with Gasteiger partial charge in [0.05, 0.1) is 12.1 Å². The van der Waals surface area contributed by atoms with Crippen molar-refractivity contribution in [3.8, 4) is 0 Å². The normalized spacial score (nSPS) is 18.3. The number of benzene rings is 1. The minimum atomic E-state index is -2.27. The molecule has 1 fully saturated rings. The molecule has 1 aromatic rings. The molecule has 0 bridgehead atoms. The van der Waals surface area contributed by atoms with Crippen molar-refractivity contribution in [2.24, 2.45) is 0 Å². The molecule has 37 heavy (non-hydrogen) atoms. The summed E-state index contributed by atoms with van der Waals surface area (Å²) in [5.74, 6) is -0.308. The lowest BCUT2D eigenvalue weighted by atomic mass is 10.0. The van der Waals surface area contributed by atoms with Gasteiger partial charge >= 0.3 is 6.09 Å². The topological polar surface area (TPSA) is 76.1 Å². The van der Waals surface area contributed by atoms with Crippen molar-refractivity contribution in [1.82, 2.24) is 4.90 Å². The quantitative estimate of drug-likeness (QED) is 0.149. The Morgan fingerprint density at radius 1 is 1.16 bits per heavy atom. The van der Waals surface area contributed by atoms with Crippen LogP contribution >= 0.6 is 0 Å². The van der Waals surface area contributed by atoms with E-state index in [2.05, 4.69) is 40.8 Å². The Labute approximate surface area is 225 Å². The minimum absolute atomic E-state index is 0.0712. The molecule has 7 heteroatoms. The molecule has 2 rings (SSSR count). The Bertz CT molecular complexity index is 864. The minimum Gasteiger partial charge on any atom is -0.447 e. The van der Waals surface area contributed by atoms with Crippen molar-refractivity contribution in [1.29, 1.82) is 0 Å². The number of amides is 2. The van der Waals surface area contributed by atoms with Gasteiger partial charge < -0.3 is 14.3 Å². The number of hydrogen-bond donors (Lipinski definition) is 1. The smallest absolute Gasteiger partial charge is 0.417 e. The molecule has 0 aliphatic carbocycles. The highest BCUT2D eigenvalue weighted by atomic mass is 28.4. The Hall–Kier alpha value is -1.96. The second kappa shape index (κ2) is 14.8. The van der Waals surface area contributed by atoms with E-state index in [1.54, 1.807) is 0 Å². The fourth-order valence-corrected chi connectivity index (χ4v) is 5.51. The largest absolute Gasteiger partial charge is 0.447 e. The van der Waals surface area contributed by atoms with Crippen LogP contribution in [0.15, 0.2) is 42.5 Å². The van der Waals surface area contributed by atoms with Crippen LogP contribution in [-0.2, 0) is 20.4 Å². The van der Waals surface area contributed by atoms with E-state index in [-0.39, 0.29) is 29.7 Å². The SMILES string of the molecule is CCCCCC[C@@H](O)C/C=C/CC[C@@H](O[Si](C)(C)C(C)(C)C)C(=O)N1C(=O)OC[C@H]1Cc1ccccc1. The van der Waals surface area contributed by atoms with Gasteiger partial charge in [-0.1, -0.05) is 95.9 Å². The summed E-state index contributed by atoms with van der Waals surface area (Å²) in [5.41, 5.74) is 1.06. The molecule has 1 aliphatic heterocycles. The molecule has 3 atom stereocenters. The van der Waals surface area contributed by atoms with Crippen LogP contribution in [0.1, 0.15) is 84.6 Å². The number of allylic oxidation sites excluding steroid dienone is 1. The molecular weight excluding hydrogens is 482 g/mol. The van der Waals surface area contributed by atoms with E-state index in [4.69, 9.17) is 9.16 Å². The summed E-state index contributed by atoms with van der Waals surface area (Å²) in [5, 5.41) is 10.2. The number of hydrogen-bond acceptors (Lipinski definition) is 5. The molecule has 208 valence electrons. The first-order valence-corrected chi connectivity index (χ1v) is 16.9. The molecule has 1 saturated heterocycles. The van der Waals surface area contributed by atoms with Gasteiger partial charge in [-0.25, -0.2) is 9.69 Å². The van der Waals surface area contributed by atoms with E-state index in [1.165, 1.54) is 17.7 Å². The second-order valence-corrected chi connectivity index (χ2v) is 16.5. The predicted molar refractivity (Wildman–Crippen MR) is 152 cm³/mol. The lowest BCUT2D eigenvalue weighted by Gasteiger charge is -2.39. The van der Waals surface area contributed by atoms with Gasteiger partial charge in [0, 0.05) is 0 Å². The number of nitrogens with zero attached hydrogens (tertiary/aromatic N) is 1. The van der Waals surface area contributed by atoms with Crippen molar-refractivity contribution < 1.29 is 23.9 Å². The van der Waals surface area contributed by atoms with E-state index in [1.807, 2.05) is 42.5 Å². The van der Waals surface area contributed by atoms with Gasteiger partial charge in [-0.15, -0.1) is 0 Å². The molecule has 0 aromatic heterocycles.